The van der Waals surface area contributed by atoms with E-state index in [1.54, 1.807) is 19.5 Å². The molecule has 0 radical (unpaired) electrons. The van der Waals surface area contributed by atoms with Gasteiger partial charge < -0.3 is 10.5 Å². The Morgan fingerprint density at radius 1 is 1.54 bits per heavy atom. The minimum Gasteiger partial charge on any atom is -0.404 e. The molecule has 1 heterocycles. The van der Waals surface area contributed by atoms with Gasteiger partial charge in [-0.2, -0.15) is 0 Å². The van der Waals surface area contributed by atoms with Crippen molar-refractivity contribution in [1.82, 2.24) is 4.90 Å². The van der Waals surface area contributed by atoms with Gasteiger partial charge in [-0.3, -0.25) is 9.89 Å². The quantitative estimate of drug-likeness (QED) is 0.620. The lowest BCUT2D eigenvalue weighted by atomic mass is 10.2. The van der Waals surface area contributed by atoms with E-state index < -0.39 is 0 Å². The predicted molar refractivity (Wildman–Crippen MR) is 53.9 cm³/mol. The molecule has 0 aromatic heterocycles. The summed E-state index contributed by atoms with van der Waals surface area (Å²) < 4.78 is 5.25. The Bertz CT molecular complexity index is 195. The van der Waals surface area contributed by atoms with Gasteiger partial charge in [-0.25, -0.2) is 0 Å². The van der Waals surface area contributed by atoms with Crippen molar-refractivity contribution in [3.8, 4) is 0 Å². The van der Waals surface area contributed by atoms with Crippen LogP contribution in [-0.4, -0.2) is 51.0 Å². The van der Waals surface area contributed by atoms with Crippen molar-refractivity contribution in [2.45, 2.75) is 0 Å². The largest absolute Gasteiger partial charge is 0.404 e. The molecule has 0 unspecified atom stereocenters. The minimum absolute atomic E-state index is 0.821. The van der Waals surface area contributed by atoms with Gasteiger partial charge in [0.1, 0.15) is 0 Å². The lowest BCUT2D eigenvalue weighted by molar-refractivity contribution is 0.0428. The number of hydrogen-bond donors (Lipinski definition) is 1. The van der Waals surface area contributed by atoms with Crippen LogP contribution in [0.1, 0.15) is 0 Å². The van der Waals surface area contributed by atoms with Crippen LogP contribution in [0.15, 0.2) is 16.8 Å². The average molecular weight is 183 g/mol. The first-order valence-corrected chi connectivity index (χ1v) is 4.50. The number of ether oxygens (including phenoxy) is 1. The molecular weight excluding hydrogens is 166 g/mol. The molecule has 74 valence electrons. The number of aliphatic imine (C=N–C) groups is 1. The number of morpholine rings is 1. The second kappa shape index (κ2) is 5.72. The van der Waals surface area contributed by atoms with Gasteiger partial charge in [0.15, 0.2) is 0 Å². The molecule has 1 saturated heterocycles. The molecule has 2 N–H and O–H groups in total. The van der Waals surface area contributed by atoms with E-state index in [1.165, 1.54) is 0 Å². The molecule has 0 aliphatic carbocycles. The Balaban J connectivity index is 2.36. The van der Waals surface area contributed by atoms with Crippen LogP contribution in [0.25, 0.3) is 0 Å². The maximum atomic E-state index is 5.46. The number of hydrogen-bond acceptors (Lipinski definition) is 4. The summed E-state index contributed by atoms with van der Waals surface area (Å²) in [4.78, 5) is 6.25. The second-order valence-corrected chi connectivity index (χ2v) is 3.02. The summed E-state index contributed by atoms with van der Waals surface area (Å²) in [6, 6.07) is 0. The third kappa shape index (κ3) is 3.57. The number of rotatable bonds is 3. The fourth-order valence-corrected chi connectivity index (χ4v) is 1.32. The van der Waals surface area contributed by atoms with Crippen LogP contribution in [0.3, 0.4) is 0 Å². The van der Waals surface area contributed by atoms with Gasteiger partial charge in [-0.15, -0.1) is 0 Å². The fraction of sp³-hybridized carbons (Fsp3) is 0.667. The summed E-state index contributed by atoms with van der Waals surface area (Å²) in [5.74, 6) is 0. The van der Waals surface area contributed by atoms with Crippen LogP contribution < -0.4 is 5.73 Å². The highest BCUT2D eigenvalue weighted by Crippen LogP contribution is 2.00. The Hall–Kier alpha value is -0.870. The van der Waals surface area contributed by atoms with Crippen LogP contribution in [0.5, 0.6) is 0 Å². The third-order valence-corrected chi connectivity index (χ3v) is 2.02. The van der Waals surface area contributed by atoms with Crippen LogP contribution in [0.4, 0.5) is 0 Å². The van der Waals surface area contributed by atoms with Gasteiger partial charge in [-0.1, -0.05) is 0 Å². The molecule has 4 nitrogen and oxygen atoms in total. The molecule has 1 aliphatic rings. The topological polar surface area (TPSA) is 50.8 Å². The van der Waals surface area contributed by atoms with Gasteiger partial charge in [-0.05, 0) is 11.8 Å². The minimum atomic E-state index is 0.821. The first-order chi connectivity index (χ1) is 6.36. The molecule has 1 rings (SSSR count). The maximum absolute atomic E-state index is 5.46. The van der Waals surface area contributed by atoms with E-state index in [-0.39, 0.29) is 0 Å². The highest BCUT2D eigenvalue weighted by molar-refractivity contribution is 5.78. The smallest absolute Gasteiger partial charge is 0.0594 e. The maximum Gasteiger partial charge on any atom is 0.0594 e. The molecule has 0 amide bonds. The van der Waals surface area contributed by atoms with E-state index in [0.29, 0.717) is 0 Å². The molecule has 1 aliphatic heterocycles. The third-order valence-electron chi connectivity index (χ3n) is 2.02. The van der Waals surface area contributed by atoms with Crippen molar-refractivity contribution < 1.29 is 4.74 Å². The van der Waals surface area contributed by atoms with E-state index in [4.69, 9.17) is 10.5 Å². The molecule has 0 aromatic carbocycles. The first kappa shape index (κ1) is 10.2. The van der Waals surface area contributed by atoms with Crippen LogP contribution in [-0.2, 0) is 4.74 Å². The van der Waals surface area contributed by atoms with Crippen LogP contribution in [0, 0.1) is 0 Å². The molecule has 0 bridgehead atoms. The monoisotopic (exact) mass is 183 g/mol. The first-order valence-electron chi connectivity index (χ1n) is 4.50. The lowest BCUT2D eigenvalue weighted by Gasteiger charge is -2.26. The van der Waals surface area contributed by atoms with E-state index in [1.807, 2.05) is 0 Å². The highest BCUT2D eigenvalue weighted by Gasteiger charge is 2.10. The SMILES string of the molecule is CN=CC(=CN)CN1CCOCC1. The van der Waals surface area contributed by atoms with Gasteiger partial charge in [0.2, 0.25) is 0 Å². The molecule has 0 aromatic rings. The van der Waals surface area contributed by atoms with E-state index in [2.05, 4.69) is 9.89 Å². The number of nitrogens with zero attached hydrogens (tertiary/aromatic N) is 2. The van der Waals surface area contributed by atoms with Crippen molar-refractivity contribution >= 4 is 6.21 Å². The fourth-order valence-electron chi connectivity index (χ4n) is 1.32. The molecule has 0 atom stereocenters. The van der Waals surface area contributed by atoms with Crippen molar-refractivity contribution in [2.24, 2.45) is 10.7 Å². The summed E-state index contributed by atoms with van der Waals surface area (Å²) in [5, 5.41) is 0. The zero-order chi connectivity index (χ0) is 9.52. The zero-order valence-corrected chi connectivity index (χ0v) is 8.07. The summed E-state index contributed by atoms with van der Waals surface area (Å²) >= 11 is 0. The van der Waals surface area contributed by atoms with Crippen molar-refractivity contribution in [3.63, 3.8) is 0 Å². The van der Waals surface area contributed by atoms with Crippen LogP contribution >= 0.6 is 0 Å². The summed E-state index contributed by atoms with van der Waals surface area (Å²) in [5.41, 5.74) is 6.52. The average Bonchev–Trinajstić information content (AvgIpc) is 2.19. The summed E-state index contributed by atoms with van der Waals surface area (Å²) in [6.07, 6.45) is 3.41. The predicted octanol–water partition coefficient (Wildman–Crippen LogP) is -0.138. The zero-order valence-electron chi connectivity index (χ0n) is 8.07. The second-order valence-electron chi connectivity index (χ2n) is 3.02. The van der Waals surface area contributed by atoms with E-state index in [0.717, 1.165) is 38.4 Å². The molecule has 4 heteroatoms. The van der Waals surface area contributed by atoms with Gasteiger partial charge in [0.05, 0.1) is 13.2 Å². The molecule has 13 heavy (non-hydrogen) atoms. The van der Waals surface area contributed by atoms with Gasteiger partial charge in [0.25, 0.3) is 0 Å². The van der Waals surface area contributed by atoms with Crippen molar-refractivity contribution in [3.05, 3.63) is 11.8 Å². The Labute approximate surface area is 79.1 Å². The molecule has 0 spiro atoms. The molecular formula is C9H17N3O. The van der Waals surface area contributed by atoms with E-state index in [9.17, 15) is 0 Å². The molecule has 1 fully saturated rings. The van der Waals surface area contributed by atoms with Crippen molar-refractivity contribution in [2.75, 3.05) is 39.9 Å². The van der Waals surface area contributed by atoms with Crippen LogP contribution in [0.2, 0.25) is 0 Å². The standard InChI is InChI=1S/C9H17N3O/c1-11-7-9(6-10)8-12-2-4-13-5-3-12/h6-7H,2-5,8,10H2,1H3. The Morgan fingerprint density at radius 2 is 2.23 bits per heavy atom. The highest BCUT2D eigenvalue weighted by atomic mass is 16.5. The summed E-state index contributed by atoms with van der Waals surface area (Å²) in [6.45, 7) is 4.48. The van der Waals surface area contributed by atoms with Gasteiger partial charge in [0, 0.05) is 32.9 Å². The summed E-state index contributed by atoms with van der Waals surface area (Å²) in [7, 11) is 1.75. The lowest BCUT2D eigenvalue weighted by Crippen LogP contribution is -2.37. The molecule has 0 saturated carbocycles. The van der Waals surface area contributed by atoms with Crippen molar-refractivity contribution in [1.29, 1.82) is 0 Å². The Morgan fingerprint density at radius 3 is 2.77 bits per heavy atom. The normalized spacial score (nSPS) is 21.2. The number of nitrogens with two attached hydrogens (primary N) is 1. The van der Waals surface area contributed by atoms with Gasteiger partial charge >= 0.3 is 0 Å². The van der Waals surface area contributed by atoms with E-state index >= 15 is 0 Å². The Kier molecular flexibility index (Phi) is 4.49.